The highest BCUT2D eigenvalue weighted by Crippen LogP contribution is 2.14. The van der Waals surface area contributed by atoms with Crippen LogP contribution in [-0.2, 0) is 0 Å². The largest absolute Gasteiger partial charge is 0.481 e. The summed E-state index contributed by atoms with van der Waals surface area (Å²) in [5.74, 6) is 1.27. The Balaban J connectivity index is 3.17. The van der Waals surface area contributed by atoms with E-state index in [4.69, 9.17) is 10.00 Å². The third-order valence-corrected chi connectivity index (χ3v) is 1.56. The molecule has 1 rings (SSSR count). The van der Waals surface area contributed by atoms with Crippen LogP contribution >= 0.6 is 0 Å². The topological polar surface area (TPSA) is 58.8 Å². The normalized spacial score (nSPS) is 9.77. The van der Waals surface area contributed by atoms with Crippen LogP contribution in [0, 0.1) is 11.3 Å². The van der Waals surface area contributed by atoms with E-state index < -0.39 is 0 Å². The van der Waals surface area contributed by atoms with Gasteiger partial charge in [-0.3, -0.25) is 0 Å². The van der Waals surface area contributed by atoms with Crippen molar-refractivity contribution >= 4 is 0 Å². The molecule has 0 aromatic carbocycles. The first-order valence-electron chi connectivity index (χ1n) is 4.00. The van der Waals surface area contributed by atoms with Crippen LogP contribution in [0.25, 0.3) is 0 Å². The van der Waals surface area contributed by atoms with Crippen LogP contribution in [0.15, 0.2) is 6.07 Å². The fourth-order valence-electron chi connectivity index (χ4n) is 0.863. The Morgan fingerprint density at radius 2 is 2.15 bits per heavy atom. The molecule has 0 fully saturated rings. The minimum Gasteiger partial charge on any atom is -0.481 e. The summed E-state index contributed by atoms with van der Waals surface area (Å²) in [7, 11) is 1.52. The maximum absolute atomic E-state index is 8.67. The van der Waals surface area contributed by atoms with Gasteiger partial charge >= 0.3 is 0 Å². The Kier molecular flexibility index (Phi) is 2.80. The van der Waals surface area contributed by atoms with Gasteiger partial charge in [0.25, 0.3) is 0 Å². The molecule has 0 N–H and O–H groups in total. The van der Waals surface area contributed by atoms with Crippen molar-refractivity contribution in [2.24, 2.45) is 0 Å². The molecule has 0 radical (unpaired) electrons. The van der Waals surface area contributed by atoms with Crippen LogP contribution in [0.1, 0.15) is 31.3 Å². The van der Waals surface area contributed by atoms with Crippen molar-refractivity contribution in [2.75, 3.05) is 7.11 Å². The van der Waals surface area contributed by atoms with E-state index in [-0.39, 0.29) is 5.92 Å². The van der Waals surface area contributed by atoms with Crippen LogP contribution < -0.4 is 4.74 Å². The number of aromatic nitrogens is 2. The highest BCUT2D eigenvalue weighted by atomic mass is 16.5. The van der Waals surface area contributed by atoms with Gasteiger partial charge in [-0.25, -0.2) is 4.98 Å². The highest BCUT2D eigenvalue weighted by Gasteiger charge is 2.07. The van der Waals surface area contributed by atoms with Crippen LogP contribution in [0.2, 0.25) is 0 Å². The van der Waals surface area contributed by atoms with Gasteiger partial charge in [0.05, 0.1) is 7.11 Å². The molecule has 0 spiro atoms. The van der Waals surface area contributed by atoms with Crippen molar-refractivity contribution in [3.63, 3.8) is 0 Å². The van der Waals surface area contributed by atoms with Gasteiger partial charge in [0.15, 0.2) is 0 Å². The van der Waals surface area contributed by atoms with Crippen molar-refractivity contribution in [1.82, 2.24) is 9.97 Å². The van der Waals surface area contributed by atoms with Crippen LogP contribution in [0.3, 0.4) is 0 Å². The SMILES string of the molecule is COc1cc(C#N)nc(C(C)C)n1. The van der Waals surface area contributed by atoms with Gasteiger partial charge in [-0.1, -0.05) is 13.8 Å². The zero-order valence-corrected chi connectivity index (χ0v) is 7.90. The van der Waals surface area contributed by atoms with Gasteiger partial charge in [0.2, 0.25) is 5.88 Å². The fourth-order valence-corrected chi connectivity index (χ4v) is 0.863. The summed E-state index contributed by atoms with van der Waals surface area (Å²) in [4.78, 5) is 8.16. The molecule has 0 atom stereocenters. The number of rotatable bonds is 2. The molecule has 0 saturated heterocycles. The number of methoxy groups -OCH3 is 1. The second-order valence-corrected chi connectivity index (χ2v) is 2.92. The van der Waals surface area contributed by atoms with Crippen molar-refractivity contribution in [3.05, 3.63) is 17.6 Å². The van der Waals surface area contributed by atoms with Gasteiger partial charge in [0.1, 0.15) is 17.6 Å². The molecule has 0 unspecified atom stereocenters. The molecule has 0 aliphatic rings. The monoisotopic (exact) mass is 177 g/mol. The van der Waals surface area contributed by atoms with Crippen LogP contribution in [0.5, 0.6) is 5.88 Å². The van der Waals surface area contributed by atoms with E-state index in [1.807, 2.05) is 19.9 Å². The molecule has 0 bridgehead atoms. The summed E-state index contributed by atoms with van der Waals surface area (Å²) < 4.78 is 4.95. The van der Waals surface area contributed by atoms with E-state index in [9.17, 15) is 0 Å². The van der Waals surface area contributed by atoms with E-state index in [0.29, 0.717) is 17.4 Å². The molecule has 4 heteroatoms. The van der Waals surface area contributed by atoms with Crippen LogP contribution in [-0.4, -0.2) is 17.1 Å². The van der Waals surface area contributed by atoms with E-state index in [1.54, 1.807) is 0 Å². The first-order valence-corrected chi connectivity index (χ1v) is 4.00. The van der Waals surface area contributed by atoms with E-state index >= 15 is 0 Å². The summed E-state index contributed by atoms with van der Waals surface area (Å²) in [6.45, 7) is 3.94. The Morgan fingerprint density at radius 3 is 2.62 bits per heavy atom. The molecular formula is C9H11N3O. The molecular weight excluding hydrogens is 166 g/mol. The van der Waals surface area contributed by atoms with Gasteiger partial charge in [0, 0.05) is 12.0 Å². The minimum atomic E-state index is 0.196. The Labute approximate surface area is 77.2 Å². The summed E-state index contributed by atoms with van der Waals surface area (Å²) in [6.07, 6.45) is 0. The standard InChI is InChI=1S/C9H11N3O/c1-6(2)9-11-7(5-10)4-8(12-9)13-3/h4,6H,1-3H3. The molecule has 4 nitrogen and oxygen atoms in total. The molecule has 1 aromatic heterocycles. The first-order chi connectivity index (χ1) is 6.17. The summed E-state index contributed by atoms with van der Waals surface area (Å²) in [5, 5.41) is 8.67. The summed E-state index contributed by atoms with van der Waals surface area (Å²) >= 11 is 0. The first kappa shape index (κ1) is 9.46. The lowest BCUT2D eigenvalue weighted by molar-refractivity contribution is 0.393. The quantitative estimate of drug-likeness (QED) is 0.686. The van der Waals surface area contributed by atoms with Crippen LogP contribution in [0.4, 0.5) is 0 Å². The Morgan fingerprint density at radius 1 is 1.46 bits per heavy atom. The second-order valence-electron chi connectivity index (χ2n) is 2.92. The van der Waals surface area contributed by atoms with Gasteiger partial charge in [-0.2, -0.15) is 10.2 Å². The Hall–Kier alpha value is -1.63. The van der Waals surface area contributed by atoms with Crippen molar-refractivity contribution in [1.29, 1.82) is 5.26 Å². The number of hydrogen-bond donors (Lipinski definition) is 0. The second kappa shape index (κ2) is 3.85. The number of nitrogens with zero attached hydrogens (tertiary/aromatic N) is 3. The summed E-state index contributed by atoms with van der Waals surface area (Å²) in [6, 6.07) is 3.49. The van der Waals surface area contributed by atoms with Gasteiger partial charge in [-0.05, 0) is 0 Å². The fraction of sp³-hybridized carbons (Fsp3) is 0.444. The van der Waals surface area contributed by atoms with Gasteiger partial charge in [-0.15, -0.1) is 0 Å². The lowest BCUT2D eigenvalue weighted by Gasteiger charge is -2.05. The number of hydrogen-bond acceptors (Lipinski definition) is 4. The molecule has 68 valence electrons. The number of ether oxygens (including phenoxy) is 1. The molecule has 0 amide bonds. The molecule has 0 aliphatic heterocycles. The molecule has 1 heterocycles. The Bertz CT molecular complexity index is 341. The smallest absolute Gasteiger partial charge is 0.217 e. The predicted molar refractivity (Wildman–Crippen MR) is 47.4 cm³/mol. The average Bonchev–Trinajstić information content (AvgIpc) is 2.16. The lowest BCUT2D eigenvalue weighted by Crippen LogP contribution is -2.01. The maximum Gasteiger partial charge on any atom is 0.217 e. The predicted octanol–water partition coefficient (Wildman–Crippen LogP) is 1.48. The van der Waals surface area contributed by atoms with Gasteiger partial charge < -0.3 is 4.74 Å². The average molecular weight is 177 g/mol. The zero-order valence-electron chi connectivity index (χ0n) is 7.90. The zero-order chi connectivity index (χ0) is 9.84. The van der Waals surface area contributed by atoms with E-state index in [2.05, 4.69) is 9.97 Å². The van der Waals surface area contributed by atoms with E-state index in [1.165, 1.54) is 13.2 Å². The molecule has 0 aliphatic carbocycles. The van der Waals surface area contributed by atoms with E-state index in [0.717, 1.165) is 0 Å². The van der Waals surface area contributed by atoms with Crippen molar-refractivity contribution in [2.45, 2.75) is 19.8 Å². The highest BCUT2D eigenvalue weighted by molar-refractivity contribution is 5.26. The summed E-state index contributed by atoms with van der Waals surface area (Å²) in [5.41, 5.74) is 0.343. The number of nitriles is 1. The van der Waals surface area contributed by atoms with Crippen molar-refractivity contribution in [3.8, 4) is 11.9 Å². The van der Waals surface area contributed by atoms with Crippen molar-refractivity contribution < 1.29 is 4.74 Å². The third-order valence-electron chi connectivity index (χ3n) is 1.56. The molecule has 0 saturated carbocycles. The molecule has 1 aromatic rings. The lowest BCUT2D eigenvalue weighted by atomic mass is 10.2. The molecule has 13 heavy (non-hydrogen) atoms. The maximum atomic E-state index is 8.67. The minimum absolute atomic E-state index is 0.196. The third kappa shape index (κ3) is 2.15.